The molecule has 1 aliphatic rings. The number of aromatic amines is 1. The highest BCUT2D eigenvalue weighted by atomic mass is 35.5. The number of piperidine rings is 1. The number of halogens is 4. The van der Waals surface area contributed by atoms with Crippen LogP contribution in [-0.2, 0) is 0 Å². The van der Waals surface area contributed by atoms with Crippen molar-refractivity contribution in [1.82, 2.24) is 9.88 Å². The van der Waals surface area contributed by atoms with E-state index in [1.807, 2.05) is 0 Å². The van der Waals surface area contributed by atoms with Gasteiger partial charge < -0.3 is 15.6 Å². The number of nitrogens with two attached hydrogens (primary N) is 1. The molecule has 1 amide bonds. The van der Waals surface area contributed by atoms with Crippen molar-refractivity contribution in [2.45, 2.75) is 18.6 Å². The fraction of sp³-hybridized carbons (Fsp3) is 0.357. The van der Waals surface area contributed by atoms with Gasteiger partial charge in [0.25, 0.3) is 5.91 Å². The first-order valence-corrected chi connectivity index (χ1v) is 7.12. The number of nitrogens with zero attached hydrogens (tertiary/aromatic N) is 1. The number of rotatable bonds is 1. The second-order valence-corrected chi connectivity index (χ2v) is 5.70. The average molecular weight is 332 g/mol. The summed E-state index contributed by atoms with van der Waals surface area (Å²) < 4.78 is 41.4. The summed E-state index contributed by atoms with van der Waals surface area (Å²) in [5.41, 5.74) is 5.40. The van der Waals surface area contributed by atoms with Crippen molar-refractivity contribution in [3.63, 3.8) is 0 Å². The molecule has 0 unspecified atom stereocenters. The zero-order chi connectivity index (χ0) is 16.0. The third kappa shape index (κ3) is 2.34. The first-order chi connectivity index (χ1) is 10.4. The van der Waals surface area contributed by atoms with Gasteiger partial charge in [0.05, 0.1) is 22.5 Å². The Hall–Kier alpha value is -1.73. The Morgan fingerprint density at radius 2 is 2.14 bits per heavy atom. The van der Waals surface area contributed by atoms with Crippen LogP contribution in [0.25, 0.3) is 10.9 Å². The molecule has 2 aromatic rings. The van der Waals surface area contributed by atoms with Crippen LogP contribution < -0.4 is 5.73 Å². The van der Waals surface area contributed by atoms with Crippen LogP contribution in [0.5, 0.6) is 0 Å². The summed E-state index contributed by atoms with van der Waals surface area (Å²) in [6.45, 7) is 0.0359. The Bertz CT molecular complexity index is 748. The molecule has 4 nitrogen and oxygen atoms in total. The molecule has 0 spiro atoms. The molecule has 8 heteroatoms. The molecule has 1 aromatic heterocycles. The van der Waals surface area contributed by atoms with Crippen molar-refractivity contribution in [2.24, 2.45) is 5.73 Å². The molecule has 1 fully saturated rings. The van der Waals surface area contributed by atoms with E-state index >= 15 is 0 Å². The van der Waals surface area contributed by atoms with Gasteiger partial charge in [-0.2, -0.15) is 0 Å². The Morgan fingerprint density at radius 1 is 1.41 bits per heavy atom. The van der Waals surface area contributed by atoms with Gasteiger partial charge in [-0.1, -0.05) is 11.6 Å². The molecule has 3 N–H and O–H groups in total. The molecule has 0 bridgehead atoms. The highest BCUT2D eigenvalue weighted by molar-refractivity contribution is 6.35. The summed E-state index contributed by atoms with van der Waals surface area (Å²) in [6.07, 6.45) is -1.06. The lowest BCUT2D eigenvalue weighted by molar-refractivity contribution is 0.0595. The number of carbonyl (C=O) groups excluding carboxylic acids is 1. The largest absolute Gasteiger partial charge is 0.348 e. The summed E-state index contributed by atoms with van der Waals surface area (Å²) in [6, 6.07) is 1.74. The topological polar surface area (TPSA) is 62.1 Å². The molecular weight excluding hydrogens is 319 g/mol. The lowest BCUT2D eigenvalue weighted by Gasteiger charge is -2.32. The molecule has 22 heavy (non-hydrogen) atoms. The number of likely N-dealkylation sites (tertiary alicyclic amines) is 1. The van der Waals surface area contributed by atoms with E-state index in [0.29, 0.717) is 6.42 Å². The predicted octanol–water partition coefficient (Wildman–Crippen LogP) is 2.61. The van der Waals surface area contributed by atoms with Crippen LogP contribution >= 0.6 is 11.6 Å². The van der Waals surface area contributed by atoms with Crippen molar-refractivity contribution in [3.05, 3.63) is 34.5 Å². The minimum atomic E-state index is -1.36. The number of fused-ring (bicyclic) bond motifs is 1. The summed E-state index contributed by atoms with van der Waals surface area (Å²) in [5.74, 6) is -2.41. The molecule has 1 aromatic carbocycles. The van der Waals surface area contributed by atoms with Gasteiger partial charge in [0.15, 0.2) is 5.82 Å². The van der Waals surface area contributed by atoms with Gasteiger partial charge in [0.2, 0.25) is 0 Å². The maximum absolute atomic E-state index is 14.4. The van der Waals surface area contributed by atoms with Crippen LogP contribution in [0.15, 0.2) is 12.1 Å². The molecule has 0 saturated carbocycles. The Kier molecular flexibility index (Phi) is 3.78. The van der Waals surface area contributed by atoms with E-state index in [4.69, 9.17) is 17.3 Å². The van der Waals surface area contributed by atoms with Gasteiger partial charge in [-0.05, 0) is 18.6 Å². The zero-order valence-corrected chi connectivity index (χ0v) is 12.1. The van der Waals surface area contributed by atoms with Crippen LogP contribution in [0, 0.1) is 11.6 Å². The van der Waals surface area contributed by atoms with Gasteiger partial charge in [0, 0.05) is 12.6 Å². The van der Waals surface area contributed by atoms with Crippen LogP contribution in [0.2, 0.25) is 5.02 Å². The molecule has 1 saturated heterocycles. The maximum Gasteiger partial charge on any atom is 0.273 e. The number of aromatic nitrogens is 1. The van der Waals surface area contributed by atoms with Crippen molar-refractivity contribution >= 4 is 28.4 Å². The second-order valence-electron chi connectivity index (χ2n) is 5.32. The number of hydrogen-bond donors (Lipinski definition) is 2. The van der Waals surface area contributed by atoms with E-state index in [1.54, 1.807) is 0 Å². The van der Waals surface area contributed by atoms with Gasteiger partial charge in [0.1, 0.15) is 17.7 Å². The smallest absolute Gasteiger partial charge is 0.273 e. The van der Waals surface area contributed by atoms with E-state index in [1.165, 1.54) is 11.0 Å². The highest BCUT2D eigenvalue weighted by Crippen LogP contribution is 2.31. The summed E-state index contributed by atoms with van der Waals surface area (Å²) in [5, 5.41) is -0.579. The fourth-order valence-corrected chi connectivity index (χ4v) is 2.84. The molecule has 0 radical (unpaired) electrons. The van der Waals surface area contributed by atoms with Gasteiger partial charge >= 0.3 is 0 Å². The van der Waals surface area contributed by atoms with Crippen LogP contribution in [0.4, 0.5) is 13.2 Å². The third-order valence-corrected chi connectivity index (χ3v) is 4.26. The maximum atomic E-state index is 14.4. The lowest BCUT2D eigenvalue weighted by Crippen LogP contribution is -2.50. The van der Waals surface area contributed by atoms with E-state index in [2.05, 4.69) is 4.98 Å². The van der Waals surface area contributed by atoms with Crippen LogP contribution in [0.1, 0.15) is 16.9 Å². The molecular formula is C14H13ClF3N3O. The molecule has 118 valence electrons. The number of carbonyl (C=O) groups is 1. The first kappa shape index (κ1) is 15.2. The van der Waals surface area contributed by atoms with Gasteiger partial charge in [-0.15, -0.1) is 0 Å². The summed E-state index contributed by atoms with van der Waals surface area (Å²) in [4.78, 5) is 16.1. The molecule has 2 atom stereocenters. The number of benzene rings is 1. The number of nitrogens with one attached hydrogen (secondary N) is 1. The summed E-state index contributed by atoms with van der Waals surface area (Å²) in [7, 11) is 0. The Labute approximate surface area is 129 Å². The molecule has 1 aliphatic heterocycles. The normalized spacial score (nSPS) is 22.3. The minimum Gasteiger partial charge on any atom is -0.348 e. The third-order valence-electron chi connectivity index (χ3n) is 3.89. The van der Waals surface area contributed by atoms with Gasteiger partial charge in [-0.3, -0.25) is 4.79 Å². The van der Waals surface area contributed by atoms with Gasteiger partial charge in [-0.25, -0.2) is 13.2 Å². The standard InChI is InChI=1S/C14H13ClF3N3O/c15-11-6(16)1-2-9-10(11)12(18)13(20-9)14(22)21-4-3-8(19)7(17)5-21/h1-2,7-8,20H,3-5,19H2/t7-,8+/m1/s1. The van der Waals surface area contributed by atoms with Crippen LogP contribution in [0.3, 0.4) is 0 Å². The average Bonchev–Trinajstić information content (AvgIpc) is 2.83. The van der Waals surface area contributed by atoms with E-state index in [0.717, 1.165) is 6.07 Å². The minimum absolute atomic E-state index is 0.185. The van der Waals surface area contributed by atoms with Crippen molar-refractivity contribution in [3.8, 4) is 0 Å². The molecule has 2 heterocycles. The monoisotopic (exact) mass is 331 g/mol. The summed E-state index contributed by atoms with van der Waals surface area (Å²) >= 11 is 5.74. The highest BCUT2D eigenvalue weighted by Gasteiger charge is 2.32. The zero-order valence-electron chi connectivity index (χ0n) is 11.4. The number of hydrogen-bond acceptors (Lipinski definition) is 2. The van der Waals surface area contributed by atoms with Crippen molar-refractivity contribution < 1.29 is 18.0 Å². The quantitative estimate of drug-likeness (QED) is 0.843. The number of amides is 1. The predicted molar refractivity (Wildman–Crippen MR) is 76.6 cm³/mol. The lowest BCUT2D eigenvalue weighted by atomic mass is 10.0. The Morgan fingerprint density at radius 3 is 2.82 bits per heavy atom. The number of alkyl halides is 1. The first-order valence-electron chi connectivity index (χ1n) is 6.74. The Balaban J connectivity index is 1.98. The van der Waals surface area contributed by atoms with E-state index in [9.17, 15) is 18.0 Å². The van der Waals surface area contributed by atoms with Crippen molar-refractivity contribution in [2.75, 3.05) is 13.1 Å². The molecule has 3 rings (SSSR count). The van der Waals surface area contributed by atoms with Crippen LogP contribution in [-0.4, -0.2) is 41.1 Å². The SMILES string of the molecule is N[C@H]1CCN(C(=O)c2[nH]c3ccc(F)c(Cl)c3c2F)C[C@H]1F. The van der Waals surface area contributed by atoms with Crippen molar-refractivity contribution in [1.29, 1.82) is 0 Å². The number of H-pyrrole nitrogens is 1. The molecule has 0 aliphatic carbocycles. The van der Waals surface area contributed by atoms with E-state index < -0.39 is 34.8 Å². The second kappa shape index (κ2) is 5.48. The van der Waals surface area contributed by atoms with E-state index in [-0.39, 0.29) is 29.7 Å². The fourth-order valence-electron chi connectivity index (χ4n) is 2.60.